The smallest absolute Gasteiger partial charge is 0.255 e. The van der Waals surface area contributed by atoms with Gasteiger partial charge in [0.2, 0.25) is 0 Å². The monoisotopic (exact) mass is 227 g/mol. The molecule has 88 valence electrons. The summed E-state index contributed by atoms with van der Waals surface area (Å²) >= 11 is 0. The lowest BCUT2D eigenvalue weighted by atomic mass is 9.87. The third-order valence-electron chi connectivity index (χ3n) is 2.83. The predicted molar refractivity (Wildman–Crippen MR) is 70.7 cm³/mol. The Hall–Kier alpha value is -1.83. The number of nitrogens with zero attached hydrogens (tertiary/aromatic N) is 1. The van der Waals surface area contributed by atoms with Crippen LogP contribution in [0, 0.1) is 0 Å². The maximum Gasteiger partial charge on any atom is 0.255 e. The van der Waals surface area contributed by atoms with Gasteiger partial charge in [-0.3, -0.25) is 9.36 Å². The highest BCUT2D eigenvalue weighted by Gasteiger charge is 2.12. The minimum absolute atomic E-state index is 0.00370. The van der Waals surface area contributed by atoms with E-state index in [0.717, 1.165) is 5.69 Å². The molecule has 0 unspecified atom stereocenters. The summed E-state index contributed by atoms with van der Waals surface area (Å²) in [6, 6.07) is 13.3. The van der Waals surface area contributed by atoms with Crippen molar-refractivity contribution in [2.75, 3.05) is 0 Å². The summed E-state index contributed by atoms with van der Waals surface area (Å²) in [6.07, 6.45) is 1.79. The molecule has 0 aliphatic carbocycles. The van der Waals surface area contributed by atoms with Crippen LogP contribution in [0.4, 0.5) is 0 Å². The summed E-state index contributed by atoms with van der Waals surface area (Å²) in [6.45, 7) is 6.53. The Labute approximate surface area is 102 Å². The molecule has 0 saturated carbocycles. The molecule has 17 heavy (non-hydrogen) atoms. The Morgan fingerprint density at radius 3 is 2.12 bits per heavy atom. The molecule has 0 amide bonds. The molecule has 2 rings (SSSR count). The Morgan fingerprint density at radius 2 is 1.59 bits per heavy atom. The van der Waals surface area contributed by atoms with Gasteiger partial charge in [0.25, 0.3) is 5.56 Å². The fraction of sp³-hybridized carbons (Fsp3) is 0.267. The molecule has 0 atom stereocenters. The molecule has 0 aliphatic heterocycles. The second kappa shape index (κ2) is 4.21. The number of hydrogen-bond donors (Lipinski definition) is 0. The van der Waals surface area contributed by atoms with Gasteiger partial charge in [0.1, 0.15) is 0 Å². The molecular formula is C15H17NO. The first-order valence-corrected chi connectivity index (χ1v) is 5.77. The SMILES string of the molecule is CC(C)(C)c1ccc(-n2ccccc2=O)cc1. The van der Waals surface area contributed by atoms with Crippen molar-refractivity contribution < 1.29 is 0 Å². The zero-order valence-corrected chi connectivity index (χ0v) is 10.5. The lowest BCUT2D eigenvalue weighted by Gasteiger charge is -2.19. The van der Waals surface area contributed by atoms with Crippen molar-refractivity contribution in [1.29, 1.82) is 0 Å². The fourth-order valence-electron chi connectivity index (χ4n) is 1.76. The Kier molecular flexibility index (Phi) is 2.88. The summed E-state index contributed by atoms with van der Waals surface area (Å²) in [4.78, 5) is 11.7. The first-order chi connectivity index (χ1) is 7.98. The number of pyridine rings is 1. The predicted octanol–water partition coefficient (Wildman–Crippen LogP) is 3.14. The second-order valence-electron chi connectivity index (χ2n) is 5.21. The Balaban J connectivity index is 2.44. The average Bonchev–Trinajstić information content (AvgIpc) is 2.29. The highest BCUT2D eigenvalue weighted by atomic mass is 16.1. The van der Waals surface area contributed by atoms with Crippen LogP contribution in [0.15, 0.2) is 53.5 Å². The second-order valence-corrected chi connectivity index (χ2v) is 5.21. The minimum Gasteiger partial charge on any atom is -0.284 e. The van der Waals surface area contributed by atoms with Crippen molar-refractivity contribution in [2.45, 2.75) is 26.2 Å². The largest absolute Gasteiger partial charge is 0.284 e. The van der Waals surface area contributed by atoms with Crippen molar-refractivity contribution in [2.24, 2.45) is 0 Å². The highest BCUT2D eigenvalue weighted by Crippen LogP contribution is 2.22. The normalized spacial score (nSPS) is 11.5. The lowest BCUT2D eigenvalue weighted by molar-refractivity contribution is 0.590. The van der Waals surface area contributed by atoms with Crippen molar-refractivity contribution >= 4 is 0 Å². The van der Waals surface area contributed by atoms with Crippen LogP contribution in [0.5, 0.6) is 0 Å². The van der Waals surface area contributed by atoms with Crippen molar-refractivity contribution in [3.05, 3.63) is 64.6 Å². The van der Waals surface area contributed by atoms with E-state index in [2.05, 4.69) is 32.9 Å². The van der Waals surface area contributed by atoms with Gasteiger partial charge in [0.15, 0.2) is 0 Å². The van der Waals surface area contributed by atoms with E-state index in [1.807, 2.05) is 18.2 Å². The molecule has 1 aromatic heterocycles. The molecule has 0 fully saturated rings. The van der Waals surface area contributed by atoms with Gasteiger partial charge >= 0.3 is 0 Å². The molecule has 0 saturated heterocycles. The lowest BCUT2D eigenvalue weighted by Crippen LogP contribution is -2.16. The molecule has 2 heteroatoms. The van der Waals surface area contributed by atoms with Crippen LogP contribution in [0.2, 0.25) is 0 Å². The van der Waals surface area contributed by atoms with Crippen molar-refractivity contribution in [3.8, 4) is 5.69 Å². The number of benzene rings is 1. The third kappa shape index (κ3) is 2.47. The summed E-state index contributed by atoms with van der Waals surface area (Å²) in [5.74, 6) is 0. The standard InChI is InChI=1S/C15H17NO/c1-15(2,3)12-7-9-13(10-8-12)16-11-5-4-6-14(16)17/h4-11H,1-3H3. The fourth-order valence-corrected chi connectivity index (χ4v) is 1.76. The number of aromatic nitrogens is 1. The molecule has 0 spiro atoms. The van der Waals surface area contributed by atoms with Crippen LogP contribution in [-0.2, 0) is 5.41 Å². The topological polar surface area (TPSA) is 22.0 Å². The first kappa shape index (κ1) is 11.6. The highest BCUT2D eigenvalue weighted by molar-refractivity contribution is 5.37. The zero-order chi connectivity index (χ0) is 12.5. The van der Waals surface area contributed by atoms with E-state index in [1.165, 1.54) is 5.56 Å². The van der Waals surface area contributed by atoms with E-state index >= 15 is 0 Å². The summed E-state index contributed by atoms with van der Waals surface area (Å²) in [5.41, 5.74) is 2.31. The van der Waals surface area contributed by atoms with Gasteiger partial charge < -0.3 is 0 Å². The van der Waals surface area contributed by atoms with Crippen LogP contribution in [0.3, 0.4) is 0 Å². The van der Waals surface area contributed by atoms with Gasteiger partial charge in [-0.1, -0.05) is 39.0 Å². The summed E-state index contributed by atoms with van der Waals surface area (Å²) in [5, 5.41) is 0. The number of hydrogen-bond acceptors (Lipinski definition) is 1. The van der Waals surface area contributed by atoms with Crippen LogP contribution in [-0.4, -0.2) is 4.57 Å². The Bertz CT molecular complexity index is 558. The molecule has 1 aromatic carbocycles. The van der Waals surface area contributed by atoms with E-state index in [-0.39, 0.29) is 11.0 Å². The molecule has 2 nitrogen and oxygen atoms in total. The number of rotatable bonds is 1. The van der Waals surface area contributed by atoms with Crippen LogP contribution >= 0.6 is 0 Å². The molecule has 0 bridgehead atoms. The van der Waals surface area contributed by atoms with E-state index < -0.39 is 0 Å². The van der Waals surface area contributed by atoms with Gasteiger partial charge in [-0.05, 0) is 29.2 Å². The third-order valence-corrected chi connectivity index (χ3v) is 2.83. The molecule has 2 aromatic rings. The van der Waals surface area contributed by atoms with Crippen LogP contribution in [0.1, 0.15) is 26.3 Å². The van der Waals surface area contributed by atoms with Gasteiger partial charge in [-0.25, -0.2) is 0 Å². The van der Waals surface area contributed by atoms with Gasteiger partial charge in [-0.15, -0.1) is 0 Å². The van der Waals surface area contributed by atoms with Crippen LogP contribution < -0.4 is 5.56 Å². The molecule has 1 heterocycles. The van der Waals surface area contributed by atoms with Gasteiger partial charge in [-0.2, -0.15) is 0 Å². The maximum atomic E-state index is 11.7. The quantitative estimate of drug-likeness (QED) is 0.733. The van der Waals surface area contributed by atoms with E-state index in [0.29, 0.717) is 0 Å². The summed E-state index contributed by atoms with van der Waals surface area (Å²) < 4.78 is 1.65. The van der Waals surface area contributed by atoms with Gasteiger partial charge in [0, 0.05) is 18.0 Å². The average molecular weight is 227 g/mol. The maximum absolute atomic E-state index is 11.7. The van der Waals surface area contributed by atoms with Crippen LogP contribution in [0.25, 0.3) is 5.69 Å². The van der Waals surface area contributed by atoms with Gasteiger partial charge in [0.05, 0.1) is 0 Å². The Morgan fingerprint density at radius 1 is 0.941 bits per heavy atom. The first-order valence-electron chi connectivity index (χ1n) is 5.77. The van der Waals surface area contributed by atoms with E-state index in [1.54, 1.807) is 22.9 Å². The molecule has 0 N–H and O–H groups in total. The van der Waals surface area contributed by atoms with E-state index in [4.69, 9.17) is 0 Å². The minimum atomic E-state index is -0.00370. The van der Waals surface area contributed by atoms with Crippen molar-refractivity contribution in [3.63, 3.8) is 0 Å². The van der Waals surface area contributed by atoms with E-state index in [9.17, 15) is 4.79 Å². The summed E-state index contributed by atoms with van der Waals surface area (Å²) in [7, 11) is 0. The van der Waals surface area contributed by atoms with Crippen molar-refractivity contribution in [1.82, 2.24) is 4.57 Å². The zero-order valence-electron chi connectivity index (χ0n) is 10.5. The molecule has 0 aliphatic rings. The molecular weight excluding hydrogens is 210 g/mol. The molecule has 0 radical (unpaired) electrons.